The highest BCUT2D eigenvalue weighted by Crippen LogP contribution is 2.14. The van der Waals surface area contributed by atoms with Crippen molar-refractivity contribution in [2.24, 2.45) is 0 Å². The molecule has 0 aromatic carbocycles. The molecule has 0 aromatic heterocycles. The predicted octanol–water partition coefficient (Wildman–Crippen LogP) is 3.26. The van der Waals surface area contributed by atoms with E-state index >= 15 is 0 Å². The predicted molar refractivity (Wildman–Crippen MR) is 67.5 cm³/mol. The fourth-order valence-corrected chi connectivity index (χ4v) is 1.69. The molecule has 0 radical (unpaired) electrons. The minimum absolute atomic E-state index is 0.237. The van der Waals surface area contributed by atoms with Crippen LogP contribution >= 0.6 is 0 Å². The van der Waals surface area contributed by atoms with Crippen LogP contribution in [-0.4, -0.2) is 26.4 Å². The lowest BCUT2D eigenvalue weighted by Crippen LogP contribution is -2.12. The van der Waals surface area contributed by atoms with Crippen LogP contribution in [-0.2, 0) is 9.47 Å². The van der Waals surface area contributed by atoms with Crippen LogP contribution in [0.4, 0.5) is 0 Å². The van der Waals surface area contributed by atoms with Gasteiger partial charge >= 0.3 is 0 Å². The summed E-state index contributed by atoms with van der Waals surface area (Å²) in [5, 5.41) is 0. The molecule has 2 nitrogen and oxygen atoms in total. The summed E-state index contributed by atoms with van der Waals surface area (Å²) in [5.74, 6) is 0. The van der Waals surface area contributed by atoms with Gasteiger partial charge in [-0.2, -0.15) is 0 Å². The summed E-state index contributed by atoms with van der Waals surface area (Å²) >= 11 is 0. The van der Waals surface area contributed by atoms with Gasteiger partial charge in [-0.25, -0.2) is 0 Å². The van der Waals surface area contributed by atoms with E-state index in [9.17, 15) is 0 Å². The molecule has 16 heavy (non-hydrogen) atoms. The summed E-state index contributed by atoms with van der Waals surface area (Å²) in [5.41, 5.74) is 1.16. The van der Waals surface area contributed by atoms with E-state index in [4.69, 9.17) is 9.47 Å². The Bertz CT molecular complexity index is 253. The monoisotopic (exact) mass is 222 g/mol. The average molecular weight is 222 g/mol. The van der Waals surface area contributed by atoms with Gasteiger partial charge in [0.25, 0.3) is 0 Å². The van der Waals surface area contributed by atoms with Crippen LogP contribution in [0.2, 0.25) is 0 Å². The summed E-state index contributed by atoms with van der Waals surface area (Å²) < 4.78 is 10.8. The minimum Gasteiger partial charge on any atom is -0.385 e. The summed E-state index contributed by atoms with van der Waals surface area (Å²) in [6.07, 6.45) is 12.9. The second-order valence-corrected chi connectivity index (χ2v) is 3.97. The highest BCUT2D eigenvalue weighted by molar-refractivity contribution is 5.33. The Morgan fingerprint density at radius 1 is 1.38 bits per heavy atom. The third kappa shape index (κ3) is 5.29. The fraction of sp³-hybridized carbons (Fsp3) is 0.571. The number of methoxy groups -OCH3 is 1. The lowest BCUT2D eigenvalue weighted by atomic mass is 10.1. The zero-order valence-corrected chi connectivity index (χ0v) is 10.2. The molecule has 0 amide bonds. The first-order valence-corrected chi connectivity index (χ1v) is 5.98. The van der Waals surface area contributed by atoms with Crippen molar-refractivity contribution in [1.82, 2.24) is 0 Å². The van der Waals surface area contributed by atoms with Crippen molar-refractivity contribution in [3.05, 3.63) is 36.5 Å². The van der Waals surface area contributed by atoms with Crippen molar-refractivity contribution in [3.63, 3.8) is 0 Å². The first-order valence-electron chi connectivity index (χ1n) is 5.98. The number of allylic oxidation sites excluding steroid dienone is 3. The summed E-state index contributed by atoms with van der Waals surface area (Å²) in [4.78, 5) is 0. The van der Waals surface area contributed by atoms with E-state index in [-0.39, 0.29) is 6.10 Å². The van der Waals surface area contributed by atoms with E-state index < -0.39 is 0 Å². The topological polar surface area (TPSA) is 18.5 Å². The Morgan fingerprint density at radius 3 is 2.94 bits per heavy atom. The number of hydrogen-bond donors (Lipinski definition) is 0. The van der Waals surface area contributed by atoms with E-state index in [1.54, 1.807) is 7.11 Å². The molecule has 1 aliphatic carbocycles. The molecule has 1 rings (SSSR count). The van der Waals surface area contributed by atoms with Gasteiger partial charge in [0.05, 0.1) is 6.10 Å². The molecular formula is C14H22O2. The lowest BCUT2D eigenvalue weighted by molar-refractivity contribution is 0.0813. The van der Waals surface area contributed by atoms with Crippen LogP contribution in [0.25, 0.3) is 0 Å². The fourth-order valence-electron chi connectivity index (χ4n) is 1.69. The Kier molecular flexibility index (Phi) is 6.86. The molecule has 1 unspecified atom stereocenters. The van der Waals surface area contributed by atoms with Crippen molar-refractivity contribution in [2.45, 2.75) is 31.8 Å². The molecule has 0 spiro atoms. The van der Waals surface area contributed by atoms with Crippen molar-refractivity contribution < 1.29 is 9.47 Å². The smallest absolute Gasteiger partial charge is 0.0799 e. The van der Waals surface area contributed by atoms with E-state index in [1.165, 1.54) is 6.42 Å². The molecule has 0 N–H and O–H groups in total. The van der Waals surface area contributed by atoms with Crippen molar-refractivity contribution in [3.8, 4) is 0 Å². The van der Waals surface area contributed by atoms with Crippen LogP contribution < -0.4 is 0 Å². The number of hydrogen-bond acceptors (Lipinski definition) is 2. The molecule has 0 aliphatic heterocycles. The molecule has 0 aromatic rings. The maximum Gasteiger partial charge on any atom is 0.0799 e. The second-order valence-electron chi connectivity index (χ2n) is 3.97. The van der Waals surface area contributed by atoms with Crippen molar-refractivity contribution >= 4 is 0 Å². The third-order valence-electron chi connectivity index (χ3n) is 2.62. The van der Waals surface area contributed by atoms with Crippen LogP contribution in [0.15, 0.2) is 36.5 Å². The van der Waals surface area contributed by atoms with Gasteiger partial charge in [-0.3, -0.25) is 0 Å². The van der Waals surface area contributed by atoms with Gasteiger partial charge in [0.2, 0.25) is 0 Å². The summed E-state index contributed by atoms with van der Waals surface area (Å²) in [6.45, 7) is 5.45. The van der Waals surface area contributed by atoms with Gasteiger partial charge in [-0.1, -0.05) is 24.8 Å². The molecule has 2 heteroatoms. The van der Waals surface area contributed by atoms with Gasteiger partial charge in [-0.15, -0.1) is 0 Å². The van der Waals surface area contributed by atoms with Gasteiger partial charge in [0, 0.05) is 20.3 Å². The van der Waals surface area contributed by atoms with Crippen LogP contribution in [0.3, 0.4) is 0 Å². The Morgan fingerprint density at radius 2 is 2.19 bits per heavy atom. The molecule has 1 aliphatic rings. The Labute approximate surface area is 98.6 Å². The van der Waals surface area contributed by atoms with Crippen LogP contribution in [0, 0.1) is 0 Å². The van der Waals surface area contributed by atoms with Gasteiger partial charge < -0.3 is 9.47 Å². The number of rotatable bonds is 8. The molecule has 0 bridgehead atoms. The Hall–Kier alpha value is -0.860. The van der Waals surface area contributed by atoms with E-state index in [1.807, 2.05) is 6.08 Å². The lowest BCUT2D eigenvalue weighted by Gasteiger charge is -2.16. The number of ether oxygens (including phenoxy) is 2. The minimum atomic E-state index is 0.237. The first kappa shape index (κ1) is 13.2. The molecule has 1 atom stereocenters. The standard InChI is InChI=1S/C14H22O2/c1-3-13-8-7-9-14(12-13)16-11-6-4-5-10-15-2/h3,7-8,12,14H,1,4-6,9-11H2,2H3. The summed E-state index contributed by atoms with van der Waals surface area (Å²) in [6, 6.07) is 0. The number of unbranched alkanes of at least 4 members (excludes halogenated alkanes) is 2. The normalized spacial score (nSPS) is 19.6. The van der Waals surface area contributed by atoms with E-state index in [0.717, 1.165) is 38.0 Å². The van der Waals surface area contributed by atoms with Crippen molar-refractivity contribution in [1.29, 1.82) is 0 Å². The Balaban J connectivity index is 2.07. The maximum atomic E-state index is 5.78. The largest absolute Gasteiger partial charge is 0.385 e. The third-order valence-corrected chi connectivity index (χ3v) is 2.62. The molecule has 90 valence electrons. The molecular weight excluding hydrogens is 200 g/mol. The summed E-state index contributed by atoms with van der Waals surface area (Å²) in [7, 11) is 1.74. The van der Waals surface area contributed by atoms with Gasteiger partial charge in [0.1, 0.15) is 0 Å². The zero-order chi connectivity index (χ0) is 11.6. The SMILES string of the molecule is C=CC1=CC(OCCCCCOC)CC=C1. The van der Waals surface area contributed by atoms with E-state index in [2.05, 4.69) is 24.8 Å². The average Bonchev–Trinajstić information content (AvgIpc) is 2.34. The van der Waals surface area contributed by atoms with Crippen LogP contribution in [0.5, 0.6) is 0 Å². The maximum absolute atomic E-state index is 5.78. The quantitative estimate of drug-likeness (QED) is 0.587. The molecule has 0 fully saturated rings. The molecule has 0 saturated carbocycles. The van der Waals surface area contributed by atoms with E-state index in [0.29, 0.717) is 0 Å². The highest BCUT2D eigenvalue weighted by Gasteiger charge is 2.07. The highest BCUT2D eigenvalue weighted by atomic mass is 16.5. The zero-order valence-electron chi connectivity index (χ0n) is 10.2. The van der Waals surface area contributed by atoms with Gasteiger partial charge in [0.15, 0.2) is 0 Å². The van der Waals surface area contributed by atoms with Crippen LogP contribution in [0.1, 0.15) is 25.7 Å². The second kappa shape index (κ2) is 8.31. The molecule has 0 heterocycles. The van der Waals surface area contributed by atoms with Gasteiger partial charge in [-0.05, 0) is 37.3 Å². The first-order chi connectivity index (χ1) is 7.86. The van der Waals surface area contributed by atoms with Crippen molar-refractivity contribution in [2.75, 3.05) is 20.3 Å². The molecule has 0 saturated heterocycles.